The van der Waals surface area contributed by atoms with Crippen LogP contribution in [0.25, 0.3) is 6.08 Å². The number of hydrogen-bond donors (Lipinski definition) is 1. The molecule has 2 amide bonds. The van der Waals surface area contributed by atoms with Gasteiger partial charge in [-0.3, -0.25) is 14.5 Å². The van der Waals surface area contributed by atoms with E-state index < -0.39 is 0 Å². The minimum absolute atomic E-state index is 0.00301. The van der Waals surface area contributed by atoms with Crippen LogP contribution in [0.15, 0.2) is 34.9 Å². The molecule has 0 radical (unpaired) electrons. The molecule has 4 rings (SSSR count). The zero-order chi connectivity index (χ0) is 22.3. The third-order valence-electron chi connectivity index (χ3n) is 6.88. The van der Waals surface area contributed by atoms with E-state index in [4.69, 9.17) is 16.3 Å². The van der Waals surface area contributed by atoms with Gasteiger partial charge in [0.05, 0.1) is 29.6 Å². The fraction of sp³-hybridized carbons (Fsp3) is 0.520. The minimum atomic E-state index is -0.254. The number of rotatable bonds is 6. The molecule has 0 bridgehead atoms. The number of carbonyl (C=O) groups is 2. The number of phenols is 1. The predicted molar refractivity (Wildman–Crippen MR) is 121 cm³/mol. The number of benzene rings is 1. The number of halogens is 1. The van der Waals surface area contributed by atoms with E-state index in [9.17, 15) is 14.7 Å². The van der Waals surface area contributed by atoms with Crippen LogP contribution in [0.5, 0.6) is 5.75 Å². The van der Waals surface area contributed by atoms with Crippen LogP contribution in [0, 0.1) is 17.8 Å². The molecular weight excluding hydrogens is 414 g/mol. The van der Waals surface area contributed by atoms with Crippen molar-refractivity contribution in [2.45, 2.75) is 52.6 Å². The summed E-state index contributed by atoms with van der Waals surface area (Å²) in [5.41, 5.74) is 4.52. The maximum Gasteiger partial charge on any atom is 0.233 e. The number of ether oxygens (including phenoxy) is 1. The monoisotopic (exact) mass is 443 g/mol. The van der Waals surface area contributed by atoms with E-state index in [0.29, 0.717) is 24.6 Å². The van der Waals surface area contributed by atoms with Crippen molar-refractivity contribution in [3.05, 3.63) is 45.5 Å². The standard InChI is InChI=1S/C25H30ClNO4/c1-4-9-27-24(29)18-11-15(3)22-19(23(18)25(27)30)13-31-21(22)8-5-14(2)10-16-6-7-17(28)12-20(16)26/h6-7,10,12,18-19,21,23,28H,4-5,8-9,11,13H2,1-3H3/b14-10+/t18-,19+,21-,23-/m1/s1. The summed E-state index contributed by atoms with van der Waals surface area (Å²) in [7, 11) is 0. The highest BCUT2D eigenvalue weighted by Crippen LogP contribution is 2.49. The quantitative estimate of drug-likeness (QED) is 0.497. The zero-order valence-electron chi connectivity index (χ0n) is 18.4. The van der Waals surface area contributed by atoms with Gasteiger partial charge in [-0.15, -0.1) is 0 Å². The molecule has 0 spiro atoms. The molecule has 2 aliphatic heterocycles. The van der Waals surface area contributed by atoms with E-state index in [1.54, 1.807) is 12.1 Å². The number of phenolic OH excluding ortho intramolecular Hbond substituents is 1. The first-order valence-corrected chi connectivity index (χ1v) is 11.5. The molecule has 5 nitrogen and oxygen atoms in total. The average molecular weight is 444 g/mol. The Bertz CT molecular complexity index is 966. The highest BCUT2D eigenvalue weighted by molar-refractivity contribution is 6.32. The molecule has 3 aliphatic rings. The molecule has 6 heteroatoms. The number of carbonyl (C=O) groups excluding carboxylic acids is 2. The van der Waals surface area contributed by atoms with Crippen LogP contribution < -0.4 is 0 Å². The fourth-order valence-corrected chi connectivity index (χ4v) is 5.70. The van der Waals surface area contributed by atoms with Crippen LogP contribution in [0.4, 0.5) is 0 Å². The zero-order valence-corrected chi connectivity index (χ0v) is 19.1. The van der Waals surface area contributed by atoms with Crippen molar-refractivity contribution in [3.63, 3.8) is 0 Å². The van der Waals surface area contributed by atoms with Crippen molar-refractivity contribution in [2.24, 2.45) is 17.8 Å². The smallest absolute Gasteiger partial charge is 0.233 e. The Morgan fingerprint density at radius 2 is 2.06 bits per heavy atom. The van der Waals surface area contributed by atoms with Crippen molar-refractivity contribution in [1.82, 2.24) is 4.90 Å². The minimum Gasteiger partial charge on any atom is -0.508 e. The normalized spacial score (nSPS) is 28.4. The number of likely N-dealkylation sites (tertiary alicyclic amines) is 1. The van der Waals surface area contributed by atoms with E-state index in [1.165, 1.54) is 21.6 Å². The lowest BCUT2D eigenvalue weighted by molar-refractivity contribution is -0.140. The maximum atomic E-state index is 13.0. The van der Waals surface area contributed by atoms with Gasteiger partial charge in [0.1, 0.15) is 5.75 Å². The van der Waals surface area contributed by atoms with E-state index in [-0.39, 0.29) is 41.4 Å². The Hall–Kier alpha value is -2.11. The summed E-state index contributed by atoms with van der Waals surface area (Å²) in [4.78, 5) is 27.3. The van der Waals surface area contributed by atoms with E-state index in [2.05, 4.69) is 13.8 Å². The van der Waals surface area contributed by atoms with Gasteiger partial charge in [0.25, 0.3) is 0 Å². The van der Waals surface area contributed by atoms with Crippen molar-refractivity contribution in [1.29, 1.82) is 0 Å². The first kappa shape index (κ1) is 22.1. The lowest BCUT2D eigenvalue weighted by Crippen LogP contribution is -2.34. The van der Waals surface area contributed by atoms with E-state index >= 15 is 0 Å². The molecule has 2 fully saturated rings. The summed E-state index contributed by atoms with van der Waals surface area (Å²) in [6.07, 6.45) is 5.16. The van der Waals surface area contributed by atoms with Gasteiger partial charge < -0.3 is 9.84 Å². The van der Waals surface area contributed by atoms with Gasteiger partial charge in [-0.1, -0.05) is 35.7 Å². The average Bonchev–Trinajstić information content (AvgIpc) is 3.24. The lowest BCUT2D eigenvalue weighted by atomic mass is 9.70. The van der Waals surface area contributed by atoms with Crippen LogP contribution in [-0.4, -0.2) is 41.1 Å². The molecule has 1 aromatic carbocycles. The van der Waals surface area contributed by atoms with Crippen molar-refractivity contribution >= 4 is 29.5 Å². The summed E-state index contributed by atoms with van der Waals surface area (Å²) in [5.74, 6) is -0.292. The maximum absolute atomic E-state index is 13.0. The molecule has 1 aliphatic carbocycles. The van der Waals surface area contributed by atoms with Gasteiger partial charge in [0, 0.05) is 12.5 Å². The summed E-state index contributed by atoms with van der Waals surface area (Å²) >= 11 is 6.22. The van der Waals surface area contributed by atoms with Crippen molar-refractivity contribution in [2.75, 3.05) is 13.2 Å². The van der Waals surface area contributed by atoms with E-state index in [1.807, 2.05) is 19.1 Å². The van der Waals surface area contributed by atoms with Gasteiger partial charge in [-0.25, -0.2) is 0 Å². The number of hydrogen-bond acceptors (Lipinski definition) is 4. The lowest BCUT2D eigenvalue weighted by Gasteiger charge is -2.30. The summed E-state index contributed by atoms with van der Waals surface area (Å²) in [6.45, 7) is 7.19. The number of amides is 2. The Balaban J connectivity index is 1.47. The summed E-state index contributed by atoms with van der Waals surface area (Å²) < 4.78 is 6.17. The molecule has 2 heterocycles. The molecule has 0 unspecified atom stereocenters. The number of allylic oxidation sites excluding steroid dienone is 2. The molecule has 0 saturated carbocycles. The molecule has 166 valence electrons. The van der Waals surface area contributed by atoms with E-state index in [0.717, 1.165) is 24.8 Å². The summed E-state index contributed by atoms with van der Waals surface area (Å²) in [6, 6.07) is 4.98. The second kappa shape index (κ2) is 8.79. The third-order valence-corrected chi connectivity index (χ3v) is 7.20. The van der Waals surface area contributed by atoms with Crippen LogP contribution in [0.1, 0.15) is 52.0 Å². The van der Waals surface area contributed by atoms with Crippen molar-refractivity contribution in [3.8, 4) is 5.75 Å². The fourth-order valence-electron chi connectivity index (χ4n) is 5.47. The van der Waals surface area contributed by atoms with Gasteiger partial charge >= 0.3 is 0 Å². The number of imide groups is 1. The van der Waals surface area contributed by atoms with Crippen LogP contribution in [0.3, 0.4) is 0 Å². The Labute approximate surface area is 188 Å². The second-order valence-corrected chi connectivity index (χ2v) is 9.47. The molecule has 31 heavy (non-hydrogen) atoms. The van der Waals surface area contributed by atoms with Gasteiger partial charge in [-0.05, 0) is 68.9 Å². The molecule has 4 atom stereocenters. The Morgan fingerprint density at radius 3 is 2.77 bits per heavy atom. The third kappa shape index (κ3) is 4.06. The van der Waals surface area contributed by atoms with Crippen molar-refractivity contribution < 1.29 is 19.4 Å². The predicted octanol–water partition coefficient (Wildman–Crippen LogP) is 4.98. The van der Waals surface area contributed by atoms with Gasteiger partial charge in [0.15, 0.2) is 0 Å². The summed E-state index contributed by atoms with van der Waals surface area (Å²) in [5, 5.41) is 10.0. The Morgan fingerprint density at radius 1 is 1.29 bits per heavy atom. The number of fused-ring (bicyclic) bond motifs is 3. The molecule has 2 saturated heterocycles. The highest BCUT2D eigenvalue weighted by atomic mass is 35.5. The van der Waals surface area contributed by atoms with Crippen LogP contribution in [0.2, 0.25) is 5.02 Å². The largest absolute Gasteiger partial charge is 0.508 e. The van der Waals surface area contributed by atoms with Crippen LogP contribution >= 0.6 is 11.6 Å². The second-order valence-electron chi connectivity index (χ2n) is 9.06. The highest BCUT2D eigenvalue weighted by Gasteiger charge is 2.56. The number of nitrogens with zero attached hydrogens (tertiary/aromatic N) is 1. The number of aromatic hydroxyl groups is 1. The Kier molecular flexibility index (Phi) is 6.27. The molecule has 1 aromatic rings. The topological polar surface area (TPSA) is 66.8 Å². The molecular formula is C25H30ClNO4. The van der Waals surface area contributed by atoms with Crippen LogP contribution in [-0.2, 0) is 14.3 Å². The molecule has 0 aromatic heterocycles. The van der Waals surface area contributed by atoms with Gasteiger partial charge in [-0.2, -0.15) is 0 Å². The SMILES string of the molecule is CCCN1C(=O)[C@@H]2[C@@H](CC(C)=C3[C@@H](CC/C(C)=C/c4ccc(O)cc4Cl)OC[C@@H]32)C1=O. The van der Waals surface area contributed by atoms with Gasteiger partial charge in [0.2, 0.25) is 11.8 Å². The first-order chi connectivity index (χ1) is 14.8. The molecule has 1 N–H and O–H groups in total. The first-order valence-electron chi connectivity index (χ1n) is 11.1.